The van der Waals surface area contributed by atoms with Crippen molar-refractivity contribution < 1.29 is 37.0 Å². The van der Waals surface area contributed by atoms with Crippen molar-refractivity contribution in [2.45, 2.75) is 4.90 Å². The van der Waals surface area contributed by atoms with Crippen LogP contribution in [0.2, 0.25) is 0 Å². The molecule has 1 aliphatic heterocycles. The molecule has 0 unspecified atom stereocenters. The number of carbonyl (C=O) groups is 2. The van der Waals surface area contributed by atoms with E-state index in [1.165, 1.54) is 18.2 Å². The number of anilines is 1. The zero-order valence-electron chi connectivity index (χ0n) is 15.4. The molecule has 0 saturated carbocycles. The van der Waals surface area contributed by atoms with Gasteiger partial charge in [0.05, 0.1) is 31.0 Å². The molecule has 11 heteroatoms. The molecule has 0 spiro atoms. The van der Waals surface area contributed by atoms with Gasteiger partial charge < -0.3 is 18.9 Å². The first-order chi connectivity index (χ1) is 13.8. The molecule has 0 fully saturated rings. The monoisotopic (exact) mass is 485 g/mol. The molecule has 0 amide bonds. The normalized spacial score (nSPS) is 12.8. The van der Waals surface area contributed by atoms with Crippen LogP contribution in [0.5, 0.6) is 11.5 Å². The minimum atomic E-state index is -4.30. The summed E-state index contributed by atoms with van der Waals surface area (Å²) in [4.78, 5) is 23.5. The third kappa shape index (κ3) is 4.30. The fraction of sp³-hybridized carbons (Fsp3) is 0.222. The summed E-state index contributed by atoms with van der Waals surface area (Å²) in [5, 5.41) is 0. The highest BCUT2D eigenvalue weighted by Gasteiger charge is 2.27. The lowest BCUT2D eigenvalue weighted by atomic mass is 10.1. The first kappa shape index (κ1) is 20.9. The van der Waals surface area contributed by atoms with Crippen LogP contribution >= 0.6 is 15.9 Å². The summed E-state index contributed by atoms with van der Waals surface area (Å²) in [6, 6.07) is 6.53. The predicted octanol–water partition coefficient (Wildman–Crippen LogP) is 2.59. The van der Waals surface area contributed by atoms with Crippen LogP contribution in [0.25, 0.3) is 0 Å². The van der Waals surface area contributed by atoms with E-state index in [9.17, 15) is 18.0 Å². The highest BCUT2D eigenvalue weighted by Crippen LogP contribution is 2.39. The van der Waals surface area contributed by atoms with E-state index in [1.54, 1.807) is 6.07 Å². The van der Waals surface area contributed by atoms with Crippen LogP contribution < -0.4 is 14.2 Å². The number of nitrogens with one attached hydrogen (secondary N) is 1. The number of fused-ring (bicyclic) bond motifs is 1. The molecule has 9 nitrogen and oxygen atoms in total. The third-order valence-corrected chi connectivity index (χ3v) is 6.04. The SMILES string of the molecule is COC(=O)c1ccc(C(=O)OC)c(S(=O)(=O)Nc2cc3c(cc2Br)OCCO3)c1. The topological polar surface area (TPSA) is 117 Å². The number of ether oxygens (including phenoxy) is 4. The average molecular weight is 486 g/mol. The number of methoxy groups -OCH3 is 2. The van der Waals surface area contributed by atoms with E-state index >= 15 is 0 Å². The minimum Gasteiger partial charge on any atom is -0.486 e. The highest BCUT2D eigenvalue weighted by molar-refractivity contribution is 9.10. The van der Waals surface area contributed by atoms with Crippen LogP contribution in [0.3, 0.4) is 0 Å². The first-order valence-electron chi connectivity index (χ1n) is 8.19. The standard InChI is InChI=1S/C18H16BrNO8S/c1-25-17(21)10-3-4-11(18(22)26-2)16(7-10)29(23,24)20-13-9-15-14(8-12(13)19)27-5-6-28-15/h3-4,7-9,20H,5-6H2,1-2H3. The number of esters is 2. The van der Waals surface area contributed by atoms with E-state index in [2.05, 4.69) is 30.1 Å². The molecule has 0 bridgehead atoms. The quantitative estimate of drug-likeness (QED) is 0.642. The van der Waals surface area contributed by atoms with Gasteiger partial charge >= 0.3 is 11.9 Å². The van der Waals surface area contributed by atoms with E-state index in [0.29, 0.717) is 29.2 Å². The van der Waals surface area contributed by atoms with Crippen molar-refractivity contribution >= 4 is 43.6 Å². The summed E-state index contributed by atoms with van der Waals surface area (Å²) in [7, 11) is -2.01. The van der Waals surface area contributed by atoms with Gasteiger partial charge in [-0.25, -0.2) is 18.0 Å². The number of hydrogen-bond acceptors (Lipinski definition) is 8. The van der Waals surface area contributed by atoms with E-state index in [-0.39, 0.29) is 16.8 Å². The Morgan fingerprint density at radius 3 is 2.24 bits per heavy atom. The predicted molar refractivity (Wildman–Crippen MR) is 105 cm³/mol. The minimum absolute atomic E-state index is 0.0400. The van der Waals surface area contributed by atoms with E-state index in [4.69, 9.17) is 9.47 Å². The number of hydrogen-bond donors (Lipinski definition) is 1. The number of halogens is 1. The summed E-state index contributed by atoms with van der Waals surface area (Å²) in [6.45, 7) is 0.710. The van der Waals surface area contributed by atoms with Crippen molar-refractivity contribution in [3.05, 3.63) is 45.9 Å². The van der Waals surface area contributed by atoms with Crippen molar-refractivity contribution in [3.63, 3.8) is 0 Å². The molecular weight excluding hydrogens is 470 g/mol. The molecule has 1 N–H and O–H groups in total. The van der Waals surface area contributed by atoms with E-state index in [1.807, 2.05) is 0 Å². The molecule has 0 aromatic heterocycles. The van der Waals surface area contributed by atoms with Crippen molar-refractivity contribution in [2.75, 3.05) is 32.2 Å². The molecule has 2 aromatic rings. The summed E-state index contributed by atoms with van der Waals surface area (Å²) in [5.41, 5.74) is -0.114. The van der Waals surface area contributed by atoms with Crippen LogP contribution in [-0.2, 0) is 19.5 Å². The van der Waals surface area contributed by atoms with Crippen LogP contribution in [-0.4, -0.2) is 47.8 Å². The number of carbonyl (C=O) groups excluding carboxylic acids is 2. The molecule has 2 aromatic carbocycles. The summed E-state index contributed by atoms with van der Waals surface area (Å²) in [5.74, 6) is -0.788. The van der Waals surface area contributed by atoms with Gasteiger partial charge in [-0.05, 0) is 34.1 Å². The van der Waals surface area contributed by atoms with Gasteiger partial charge in [0, 0.05) is 16.6 Å². The molecule has 1 aliphatic rings. The molecule has 154 valence electrons. The average Bonchev–Trinajstić information content (AvgIpc) is 2.72. The fourth-order valence-corrected chi connectivity index (χ4v) is 4.45. The summed E-state index contributed by atoms with van der Waals surface area (Å²) in [6.07, 6.45) is 0. The third-order valence-electron chi connectivity index (χ3n) is 3.97. The maximum absolute atomic E-state index is 13.1. The second kappa shape index (κ2) is 8.29. The van der Waals surface area contributed by atoms with Gasteiger partial charge in [-0.2, -0.15) is 0 Å². The highest BCUT2D eigenvalue weighted by atomic mass is 79.9. The van der Waals surface area contributed by atoms with Gasteiger partial charge in [0.25, 0.3) is 10.0 Å². The Morgan fingerprint density at radius 2 is 1.62 bits per heavy atom. The zero-order chi connectivity index (χ0) is 21.2. The van der Waals surface area contributed by atoms with Crippen molar-refractivity contribution in [1.82, 2.24) is 0 Å². The summed E-state index contributed by atoms with van der Waals surface area (Å²) >= 11 is 3.28. The Bertz CT molecular complexity index is 1080. The van der Waals surface area contributed by atoms with Crippen LogP contribution in [0.4, 0.5) is 5.69 Å². The van der Waals surface area contributed by atoms with Crippen molar-refractivity contribution in [1.29, 1.82) is 0 Å². The largest absolute Gasteiger partial charge is 0.486 e. The Labute approximate surface area is 175 Å². The number of rotatable bonds is 5. The van der Waals surface area contributed by atoms with Crippen LogP contribution in [0, 0.1) is 0 Å². The Balaban J connectivity index is 2.07. The lowest BCUT2D eigenvalue weighted by Crippen LogP contribution is -2.20. The van der Waals surface area contributed by atoms with Crippen molar-refractivity contribution in [2.24, 2.45) is 0 Å². The molecule has 29 heavy (non-hydrogen) atoms. The molecular formula is C18H16BrNO8S. The number of sulfonamides is 1. The van der Waals surface area contributed by atoms with Crippen LogP contribution in [0.1, 0.15) is 20.7 Å². The van der Waals surface area contributed by atoms with E-state index < -0.39 is 26.9 Å². The molecule has 0 atom stereocenters. The van der Waals surface area contributed by atoms with Gasteiger partial charge in [-0.3, -0.25) is 4.72 Å². The Hall–Kier alpha value is -2.79. The zero-order valence-corrected chi connectivity index (χ0v) is 17.8. The molecule has 1 heterocycles. The van der Waals surface area contributed by atoms with Gasteiger partial charge in [0.2, 0.25) is 0 Å². The van der Waals surface area contributed by atoms with Crippen molar-refractivity contribution in [3.8, 4) is 11.5 Å². The lowest BCUT2D eigenvalue weighted by molar-refractivity contribution is 0.0583. The molecule has 0 radical (unpaired) electrons. The Morgan fingerprint density at radius 1 is 1.00 bits per heavy atom. The second-order valence-corrected chi connectivity index (χ2v) is 8.28. The fourth-order valence-electron chi connectivity index (χ4n) is 2.61. The second-order valence-electron chi connectivity index (χ2n) is 5.78. The molecule has 0 aliphatic carbocycles. The summed E-state index contributed by atoms with van der Waals surface area (Å²) < 4.78 is 49.1. The van der Waals surface area contributed by atoms with Gasteiger partial charge in [0.15, 0.2) is 11.5 Å². The first-order valence-corrected chi connectivity index (χ1v) is 10.5. The maximum atomic E-state index is 13.1. The Kier molecular flexibility index (Phi) is 5.99. The number of benzene rings is 2. The van der Waals surface area contributed by atoms with E-state index in [0.717, 1.165) is 20.3 Å². The molecule has 0 saturated heterocycles. The van der Waals surface area contributed by atoms with Gasteiger partial charge in [0.1, 0.15) is 18.1 Å². The van der Waals surface area contributed by atoms with Crippen LogP contribution in [0.15, 0.2) is 39.7 Å². The van der Waals surface area contributed by atoms with Gasteiger partial charge in [-0.1, -0.05) is 0 Å². The smallest absolute Gasteiger partial charge is 0.339 e. The maximum Gasteiger partial charge on any atom is 0.339 e. The molecule has 3 rings (SSSR count). The lowest BCUT2D eigenvalue weighted by Gasteiger charge is -2.20. The van der Waals surface area contributed by atoms with Gasteiger partial charge in [-0.15, -0.1) is 0 Å².